The summed E-state index contributed by atoms with van der Waals surface area (Å²) in [5, 5.41) is 4.87. The highest BCUT2D eigenvalue weighted by Crippen LogP contribution is 2.22. The van der Waals surface area contributed by atoms with Crippen molar-refractivity contribution in [1.29, 1.82) is 0 Å². The number of halogens is 1. The van der Waals surface area contributed by atoms with E-state index < -0.39 is 0 Å². The first kappa shape index (κ1) is 13.8. The van der Waals surface area contributed by atoms with Gasteiger partial charge >= 0.3 is 0 Å². The lowest BCUT2D eigenvalue weighted by Crippen LogP contribution is -2.36. The molecule has 0 aliphatic carbocycles. The first-order valence-corrected chi connectivity index (χ1v) is 6.34. The maximum atomic E-state index is 12.0. The van der Waals surface area contributed by atoms with Gasteiger partial charge in [-0.1, -0.05) is 35.9 Å². The van der Waals surface area contributed by atoms with E-state index in [4.69, 9.17) is 16.3 Å². The predicted octanol–water partition coefficient (Wildman–Crippen LogP) is 2.65. The minimum absolute atomic E-state index is 0.0791. The second-order valence-corrected chi connectivity index (χ2v) is 4.71. The van der Waals surface area contributed by atoms with Crippen LogP contribution in [0.2, 0.25) is 5.15 Å². The smallest absolute Gasteiger partial charge is 0.270 e. The Morgan fingerprint density at radius 2 is 2.21 bits per heavy atom. The zero-order valence-corrected chi connectivity index (χ0v) is 11.6. The van der Waals surface area contributed by atoms with Gasteiger partial charge in [-0.25, -0.2) is 4.98 Å². The first-order valence-electron chi connectivity index (χ1n) is 5.97. The summed E-state index contributed by atoms with van der Waals surface area (Å²) < 4.78 is 4.97. The van der Waals surface area contributed by atoms with Crippen molar-refractivity contribution in [3.63, 3.8) is 0 Å². The van der Waals surface area contributed by atoms with E-state index in [0.29, 0.717) is 17.5 Å². The van der Waals surface area contributed by atoms with E-state index in [9.17, 15) is 4.79 Å². The van der Waals surface area contributed by atoms with Crippen molar-refractivity contribution in [3.05, 3.63) is 41.2 Å². The summed E-state index contributed by atoms with van der Waals surface area (Å²) in [7, 11) is 1.59. The third-order valence-electron chi connectivity index (χ3n) is 2.72. The molecule has 0 saturated heterocycles. The quantitative estimate of drug-likeness (QED) is 0.875. The van der Waals surface area contributed by atoms with Crippen LogP contribution in [0.1, 0.15) is 17.4 Å². The van der Waals surface area contributed by atoms with Crippen LogP contribution in [0.25, 0.3) is 10.8 Å². The number of nitrogens with one attached hydrogen (secondary N) is 1. The molecule has 4 nitrogen and oxygen atoms in total. The van der Waals surface area contributed by atoms with Crippen LogP contribution in [0.4, 0.5) is 0 Å². The summed E-state index contributed by atoms with van der Waals surface area (Å²) in [6, 6.07) is 9.21. The molecule has 2 aromatic rings. The van der Waals surface area contributed by atoms with Crippen LogP contribution in [-0.4, -0.2) is 30.6 Å². The second kappa shape index (κ2) is 5.99. The minimum atomic E-state index is -0.253. The zero-order chi connectivity index (χ0) is 13.8. The highest BCUT2D eigenvalue weighted by molar-refractivity contribution is 6.34. The Morgan fingerprint density at radius 1 is 1.47 bits per heavy atom. The Hall–Kier alpha value is -1.65. The molecule has 0 radical (unpaired) electrons. The predicted molar refractivity (Wildman–Crippen MR) is 75.6 cm³/mol. The molecule has 2 rings (SSSR count). The standard InChI is InChI=1S/C14H15ClN2O2/c1-9(8-19-2)16-14(18)12-7-10-5-3-4-6-11(10)13(15)17-12/h3-7,9H,8H2,1-2H3,(H,16,18). The summed E-state index contributed by atoms with van der Waals surface area (Å²) >= 11 is 6.09. The van der Waals surface area contributed by atoms with Gasteiger partial charge < -0.3 is 10.1 Å². The fourth-order valence-corrected chi connectivity index (χ4v) is 2.13. The van der Waals surface area contributed by atoms with Crippen molar-refractivity contribution in [2.75, 3.05) is 13.7 Å². The molecule has 0 bridgehead atoms. The van der Waals surface area contributed by atoms with Crippen molar-refractivity contribution >= 4 is 28.3 Å². The highest BCUT2D eigenvalue weighted by atomic mass is 35.5. The normalized spacial score (nSPS) is 12.4. The number of carbonyl (C=O) groups is 1. The monoisotopic (exact) mass is 278 g/mol. The van der Waals surface area contributed by atoms with Crippen LogP contribution in [0, 0.1) is 0 Å². The molecule has 19 heavy (non-hydrogen) atoms. The van der Waals surface area contributed by atoms with E-state index in [2.05, 4.69) is 10.3 Å². The van der Waals surface area contributed by atoms with Gasteiger partial charge in [0.25, 0.3) is 5.91 Å². The molecule has 1 atom stereocenters. The molecule has 1 unspecified atom stereocenters. The molecule has 0 saturated carbocycles. The average molecular weight is 279 g/mol. The summed E-state index contributed by atoms with van der Waals surface area (Å²) in [6.45, 7) is 2.32. The summed E-state index contributed by atoms with van der Waals surface area (Å²) in [5.41, 5.74) is 0.312. The SMILES string of the molecule is COCC(C)NC(=O)c1cc2ccccc2c(Cl)n1. The Balaban J connectivity index is 2.28. The number of rotatable bonds is 4. The van der Waals surface area contributed by atoms with E-state index in [0.717, 1.165) is 10.8 Å². The van der Waals surface area contributed by atoms with Crippen LogP contribution in [0.5, 0.6) is 0 Å². The number of hydrogen-bond donors (Lipinski definition) is 1. The van der Waals surface area contributed by atoms with Crippen molar-refractivity contribution in [2.24, 2.45) is 0 Å². The number of amides is 1. The molecule has 1 heterocycles. The molecule has 0 fully saturated rings. The Labute approximate surface area is 116 Å². The molecular weight excluding hydrogens is 264 g/mol. The molecule has 100 valence electrons. The van der Waals surface area contributed by atoms with Crippen molar-refractivity contribution < 1.29 is 9.53 Å². The number of ether oxygens (including phenoxy) is 1. The third-order valence-corrected chi connectivity index (χ3v) is 3.01. The summed E-state index contributed by atoms with van der Waals surface area (Å²) in [4.78, 5) is 16.2. The van der Waals surface area contributed by atoms with Gasteiger partial charge in [-0.05, 0) is 18.4 Å². The molecule has 1 N–H and O–H groups in total. The van der Waals surface area contributed by atoms with E-state index in [1.54, 1.807) is 13.2 Å². The lowest BCUT2D eigenvalue weighted by Gasteiger charge is -2.12. The summed E-state index contributed by atoms with van der Waals surface area (Å²) in [5.74, 6) is -0.253. The van der Waals surface area contributed by atoms with Crippen molar-refractivity contribution in [3.8, 4) is 0 Å². The molecular formula is C14H15ClN2O2. The number of methoxy groups -OCH3 is 1. The molecule has 1 aromatic carbocycles. The average Bonchev–Trinajstić information content (AvgIpc) is 2.39. The van der Waals surface area contributed by atoms with Gasteiger partial charge in [-0.3, -0.25) is 4.79 Å². The second-order valence-electron chi connectivity index (χ2n) is 4.35. The number of pyridine rings is 1. The van der Waals surface area contributed by atoms with E-state index >= 15 is 0 Å². The van der Waals surface area contributed by atoms with Crippen LogP contribution in [0.3, 0.4) is 0 Å². The Morgan fingerprint density at radius 3 is 2.95 bits per heavy atom. The number of fused-ring (bicyclic) bond motifs is 1. The number of benzene rings is 1. The maximum Gasteiger partial charge on any atom is 0.270 e. The van der Waals surface area contributed by atoms with E-state index in [1.165, 1.54) is 0 Å². The molecule has 1 aromatic heterocycles. The van der Waals surface area contributed by atoms with Gasteiger partial charge in [0.05, 0.1) is 6.61 Å². The van der Waals surface area contributed by atoms with Crippen LogP contribution in [-0.2, 0) is 4.74 Å². The van der Waals surface area contributed by atoms with Crippen LogP contribution < -0.4 is 5.32 Å². The van der Waals surface area contributed by atoms with E-state index in [1.807, 2.05) is 31.2 Å². The Bertz CT molecular complexity index is 601. The van der Waals surface area contributed by atoms with E-state index in [-0.39, 0.29) is 11.9 Å². The lowest BCUT2D eigenvalue weighted by atomic mass is 10.1. The van der Waals surface area contributed by atoms with Crippen molar-refractivity contribution in [1.82, 2.24) is 10.3 Å². The molecule has 0 aliphatic rings. The Kier molecular flexibility index (Phi) is 4.35. The number of hydrogen-bond acceptors (Lipinski definition) is 3. The third kappa shape index (κ3) is 3.22. The summed E-state index contributed by atoms with van der Waals surface area (Å²) in [6.07, 6.45) is 0. The topological polar surface area (TPSA) is 51.2 Å². The maximum absolute atomic E-state index is 12.0. The number of aromatic nitrogens is 1. The van der Waals surface area contributed by atoms with Crippen LogP contribution >= 0.6 is 11.6 Å². The highest BCUT2D eigenvalue weighted by Gasteiger charge is 2.13. The molecule has 0 aliphatic heterocycles. The van der Waals surface area contributed by atoms with Crippen molar-refractivity contribution in [2.45, 2.75) is 13.0 Å². The molecule has 0 spiro atoms. The molecule has 5 heteroatoms. The fraction of sp³-hybridized carbons (Fsp3) is 0.286. The van der Waals surface area contributed by atoms with Gasteiger partial charge in [-0.15, -0.1) is 0 Å². The van der Waals surface area contributed by atoms with Gasteiger partial charge in [0.1, 0.15) is 10.8 Å². The fourth-order valence-electron chi connectivity index (χ4n) is 1.86. The molecule has 1 amide bonds. The zero-order valence-electron chi connectivity index (χ0n) is 10.8. The number of carbonyl (C=O) groups excluding carboxylic acids is 1. The number of nitrogens with zero attached hydrogens (tertiary/aromatic N) is 1. The van der Waals surface area contributed by atoms with Gasteiger partial charge in [0, 0.05) is 18.5 Å². The largest absolute Gasteiger partial charge is 0.383 e. The minimum Gasteiger partial charge on any atom is -0.383 e. The first-order chi connectivity index (χ1) is 9.11. The van der Waals surface area contributed by atoms with Gasteiger partial charge in [0.15, 0.2) is 0 Å². The van der Waals surface area contributed by atoms with Gasteiger partial charge in [0.2, 0.25) is 0 Å². The van der Waals surface area contributed by atoms with Crippen LogP contribution in [0.15, 0.2) is 30.3 Å². The lowest BCUT2D eigenvalue weighted by molar-refractivity contribution is 0.0901. The van der Waals surface area contributed by atoms with Gasteiger partial charge in [-0.2, -0.15) is 0 Å².